The maximum Gasteiger partial charge on any atom is 0.306 e. The van der Waals surface area contributed by atoms with Crippen LogP contribution in [0, 0.1) is 5.92 Å². The third-order valence-electron chi connectivity index (χ3n) is 6.08. The Labute approximate surface area is 186 Å². The van der Waals surface area contributed by atoms with E-state index >= 15 is 0 Å². The highest BCUT2D eigenvalue weighted by molar-refractivity contribution is 6.35. The number of likely N-dealkylation sites (tertiary alicyclic amines) is 1. The standard InChI is InChI=1S/C21H28Cl2N2O5/c1-29-16-8-14(11-30-15-4-2-12(3-5-15)21(27)28)25(10-16)20(26)7-13-6-18(23)19(24)9-17(13)22/h6,9,12,14-16H,2-5,7-8,10-11,24H2,1H3,(H,27,28)/t12?,14-,15?,16-/m0/s1. The van der Waals surface area contributed by atoms with Gasteiger partial charge in [0.1, 0.15) is 0 Å². The smallest absolute Gasteiger partial charge is 0.306 e. The van der Waals surface area contributed by atoms with Crippen LogP contribution in [0.25, 0.3) is 0 Å². The maximum atomic E-state index is 13.0. The van der Waals surface area contributed by atoms with Crippen molar-refractivity contribution in [3.05, 3.63) is 27.7 Å². The Hall–Kier alpha value is -1.54. The third-order valence-corrected chi connectivity index (χ3v) is 6.76. The molecule has 30 heavy (non-hydrogen) atoms. The average Bonchev–Trinajstić information content (AvgIpc) is 3.14. The molecule has 166 valence electrons. The van der Waals surface area contributed by atoms with E-state index in [1.165, 1.54) is 0 Å². The van der Waals surface area contributed by atoms with Crippen molar-refractivity contribution < 1.29 is 24.2 Å². The van der Waals surface area contributed by atoms with E-state index in [4.69, 9.17) is 43.5 Å². The molecule has 1 heterocycles. The molecule has 1 aromatic carbocycles. The number of anilines is 1. The Bertz CT molecular complexity index is 783. The second-order valence-corrected chi connectivity index (χ2v) is 8.89. The molecule has 0 aromatic heterocycles. The van der Waals surface area contributed by atoms with Crippen LogP contribution in [0.5, 0.6) is 0 Å². The number of carboxylic acids is 1. The van der Waals surface area contributed by atoms with Gasteiger partial charge in [-0.3, -0.25) is 9.59 Å². The number of carbonyl (C=O) groups is 2. The molecule has 1 saturated heterocycles. The number of halogens is 2. The minimum atomic E-state index is -0.731. The lowest BCUT2D eigenvalue weighted by Crippen LogP contribution is -2.40. The molecule has 1 aliphatic heterocycles. The molecule has 0 radical (unpaired) electrons. The van der Waals surface area contributed by atoms with E-state index in [0.717, 1.165) is 12.8 Å². The van der Waals surface area contributed by atoms with Gasteiger partial charge in [-0.05, 0) is 49.8 Å². The fraction of sp³-hybridized carbons (Fsp3) is 0.619. The molecule has 1 aromatic rings. The molecular formula is C21H28Cl2N2O5. The molecule has 1 amide bonds. The van der Waals surface area contributed by atoms with Crippen molar-refractivity contribution >= 4 is 40.8 Å². The van der Waals surface area contributed by atoms with Crippen LogP contribution < -0.4 is 5.73 Å². The first-order valence-electron chi connectivity index (χ1n) is 10.2. The second-order valence-electron chi connectivity index (χ2n) is 8.08. The Kier molecular flexibility index (Phi) is 7.85. The van der Waals surface area contributed by atoms with E-state index in [1.807, 2.05) is 0 Å². The van der Waals surface area contributed by atoms with Crippen LogP contribution >= 0.6 is 23.2 Å². The number of nitrogen functional groups attached to an aromatic ring is 1. The normalized spacial score (nSPS) is 26.7. The molecule has 1 saturated carbocycles. The predicted octanol–water partition coefficient (Wildman–Crippen LogP) is 3.39. The van der Waals surface area contributed by atoms with Gasteiger partial charge in [0, 0.05) is 18.7 Å². The highest BCUT2D eigenvalue weighted by atomic mass is 35.5. The number of methoxy groups -OCH3 is 1. The highest BCUT2D eigenvalue weighted by Crippen LogP contribution is 2.30. The number of hydrogen-bond acceptors (Lipinski definition) is 5. The second kappa shape index (κ2) is 10.2. The number of nitrogens with two attached hydrogens (primary N) is 1. The Balaban J connectivity index is 1.59. The summed E-state index contributed by atoms with van der Waals surface area (Å²) >= 11 is 12.3. The van der Waals surface area contributed by atoms with Crippen molar-refractivity contribution in [2.24, 2.45) is 5.92 Å². The number of amides is 1. The number of nitrogens with zero attached hydrogens (tertiary/aromatic N) is 1. The zero-order valence-electron chi connectivity index (χ0n) is 17.0. The monoisotopic (exact) mass is 458 g/mol. The van der Waals surface area contributed by atoms with Crippen LogP contribution in [0.3, 0.4) is 0 Å². The van der Waals surface area contributed by atoms with Gasteiger partial charge in [-0.1, -0.05) is 23.2 Å². The molecule has 0 unspecified atom stereocenters. The van der Waals surface area contributed by atoms with Crippen molar-refractivity contribution in [3.63, 3.8) is 0 Å². The molecule has 1 aliphatic carbocycles. The van der Waals surface area contributed by atoms with E-state index in [1.54, 1.807) is 24.1 Å². The number of aliphatic carboxylic acids is 1. The van der Waals surface area contributed by atoms with Crippen LogP contribution in [0.1, 0.15) is 37.7 Å². The van der Waals surface area contributed by atoms with Gasteiger partial charge in [0.15, 0.2) is 0 Å². The van der Waals surface area contributed by atoms with Gasteiger partial charge >= 0.3 is 5.97 Å². The summed E-state index contributed by atoms with van der Waals surface area (Å²) in [5.74, 6) is -1.07. The number of ether oxygens (including phenoxy) is 2. The minimum Gasteiger partial charge on any atom is -0.481 e. The summed E-state index contributed by atoms with van der Waals surface area (Å²) in [5.41, 5.74) is 6.77. The van der Waals surface area contributed by atoms with Gasteiger partial charge < -0.3 is 25.2 Å². The van der Waals surface area contributed by atoms with E-state index < -0.39 is 5.97 Å². The molecule has 3 N–H and O–H groups in total. The van der Waals surface area contributed by atoms with Crippen molar-refractivity contribution in [1.29, 1.82) is 0 Å². The van der Waals surface area contributed by atoms with Crippen LogP contribution in [-0.4, -0.2) is 60.4 Å². The molecule has 2 aliphatic rings. The topological polar surface area (TPSA) is 102 Å². The minimum absolute atomic E-state index is 0.0319. The van der Waals surface area contributed by atoms with Crippen LogP contribution in [0.4, 0.5) is 5.69 Å². The van der Waals surface area contributed by atoms with E-state index in [9.17, 15) is 9.59 Å². The van der Waals surface area contributed by atoms with Crippen molar-refractivity contribution in [3.8, 4) is 0 Å². The fourth-order valence-corrected chi connectivity index (χ4v) is 4.66. The molecule has 2 atom stereocenters. The van der Waals surface area contributed by atoms with Gasteiger partial charge in [0.2, 0.25) is 5.91 Å². The first-order valence-corrected chi connectivity index (χ1v) is 10.9. The zero-order valence-corrected chi connectivity index (χ0v) is 18.5. The summed E-state index contributed by atoms with van der Waals surface area (Å²) in [6.45, 7) is 0.902. The van der Waals surface area contributed by atoms with Gasteiger partial charge in [0.05, 0.1) is 47.9 Å². The van der Waals surface area contributed by atoms with Crippen LogP contribution in [0.15, 0.2) is 12.1 Å². The summed E-state index contributed by atoms with van der Waals surface area (Å²) < 4.78 is 11.6. The Morgan fingerprint density at radius 1 is 1.17 bits per heavy atom. The van der Waals surface area contributed by atoms with E-state index in [-0.39, 0.29) is 36.5 Å². The van der Waals surface area contributed by atoms with Gasteiger partial charge in [-0.15, -0.1) is 0 Å². The largest absolute Gasteiger partial charge is 0.481 e. The first kappa shape index (κ1) is 23.1. The Morgan fingerprint density at radius 3 is 2.50 bits per heavy atom. The maximum absolute atomic E-state index is 13.0. The molecule has 0 spiro atoms. The molecule has 2 fully saturated rings. The summed E-state index contributed by atoms with van der Waals surface area (Å²) in [5, 5.41) is 9.91. The first-order chi connectivity index (χ1) is 14.3. The SMILES string of the molecule is CO[C@H]1C[C@@H](COC2CCC(C(=O)O)CC2)N(C(=O)Cc2cc(Cl)c(N)cc2Cl)C1. The lowest BCUT2D eigenvalue weighted by Gasteiger charge is -2.30. The molecule has 3 rings (SSSR count). The number of carboxylic acid groups (broad SMARTS) is 1. The number of rotatable bonds is 7. The fourth-order valence-electron chi connectivity index (χ4n) is 4.23. The Morgan fingerprint density at radius 2 is 1.87 bits per heavy atom. The third kappa shape index (κ3) is 5.58. The number of benzene rings is 1. The molecular weight excluding hydrogens is 431 g/mol. The van der Waals surface area contributed by atoms with Crippen LogP contribution in [0.2, 0.25) is 10.0 Å². The summed E-state index contributed by atoms with van der Waals surface area (Å²) in [4.78, 5) is 25.9. The lowest BCUT2D eigenvalue weighted by atomic mass is 9.87. The van der Waals surface area contributed by atoms with Crippen LogP contribution in [-0.2, 0) is 25.5 Å². The zero-order chi connectivity index (χ0) is 21.8. The molecule has 9 heteroatoms. The van der Waals surface area contributed by atoms with Gasteiger partial charge in [0.25, 0.3) is 0 Å². The van der Waals surface area contributed by atoms with Gasteiger partial charge in [-0.25, -0.2) is 0 Å². The summed E-state index contributed by atoms with van der Waals surface area (Å²) in [6, 6.07) is 3.10. The van der Waals surface area contributed by atoms with Crippen molar-refractivity contribution in [1.82, 2.24) is 4.90 Å². The number of carbonyl (C=O) groups excluding carboxylic acids is 1. The lowest BCUT2D eigenvalue weighted by molar-refractivity contribution is -0.144. The quantitative estimate of drug-likeness (QED) is 0.606. The predicted molar refractivity (Wildman–Crippen MR) is 115 cm³/mol. The highest BCUT2D eigenvalue weighted by Gasteiger charge is 2.36. The van der Waals surface area contributed by atoms with E-state index in [2.05, 4.69) is 0 Å². The van der Waals surface area contributed by atoms with Crippen molar-refractivity contribution in [2.45, 2.75) is 56.8 Å². The average molecular weight is 459 g/mol. The van der Waals surface area contributed by atoms with E-state index in [0.29, 0.717) is 53.7 Å². The molecule has 7 nitrogen and oxygen atoms in total. The van der Waals surface area contributed by atoms with Gasteiger partial charge in [-0.2, -0.15) is 0 Å². The van der Waals surface area contributed by atoms with Crippen molar-refractivity contribution in [2.75, 3.05) is 26.0 Å². The summed E-state index contributed by atoms with van der Waals surface area (Å²) in [7, 11) is 1.64. The molecule has 0 bridgehead atoms. The number of hydrogen-bond donors (Lipinski definition) is 2. The summed E-state index contributed by atoms with van der Waals surface area (Å²) in [6.07, 6.45) is 3.52.